The average molecular weight is 312 g/mol. The van der Waals surface area contributed by atoms with Crippen molar-refractivity contribution in [2.45, 2.75) is 38.5 Å². The lowest BCUT2D eigenvalue weighted by Gasteiger charge is -2.45. The first-order valence-electron chi connectivity index (χ1n) is 8.07. The Morgan fingerprint density at radius 3 is 2.38 bits per heavy atom. The quantitative estimate of drug-likeness (QED) is 0.410. The highest BCUT2D eigenvalue weighted by Gasteiger charge is 2.19. The Hall–Kier alpha value is -0.610. The van der Waals surface area contributed by atoms with Gasteiger partial charge in [0, 0.05) is 18.1 Å². The molecular weight excluding hydrogens is 286 g/mol. The number of nitrogens with zero attached hydrogens (tertiary/aromatic N) is 1. The van der Waals surface area contributed by atoms with Crippen molar-refractivity contribution in [2.75, 3.05) is 32.8 Å². The second-order valence-corrected chi connectivity index (χ2v) is 6.42. The van der Waals surface area contributed by atoms with Gasteiger partial charge in [0.25, 0.3) is 0 Å². The maximum Gasteiger partial charge on any atom is 0.0806 e. The maximum absolute atomic E-state index is 12.3. The van der Waals surface area contributed by atoms with Crippen LogP contribution >= 0.6 is 11.6 Å². The number of benzene rings is 1. The molecule has 1 aliphatic rings. The van der Waals surface area contributed by atoms with Gasteiger partial charge in [-0.05, 0) is 49.8 Å². The molecule has 0 saturated carbocycles. The van der Waals surface area contributed by atoms with Crippen LogP contribution < -0.4 is 0 Å². The first-order valence-corrected chi connectivity index (χ1v) is 8.45. The van der Waals surface area contributed by atoms with Gasteiger partial charge < -0.3 is 14.6 Å². The first-order chi connectivity index (χ1) is 10.2. The molecular formula is C17H26ClNO2. The minimum Gasteiger partial charge on any atom is -0.633 e. The van der Waals surface area contributed by atoms with Crippen LogP contribution in [0.3, 0.4) is 0 Å². The Morgan fingerprint density at radius 1 is 1.00 bits per heavy atom. The molecule has 0 aromatic heterocycles. The summed E-state index contributed by atoms with van der Waals surface area (Å²) in [6.45, 7) is 3.80. The number of aryl methyl sites for hydroxylation is 1. The number of halogens is 1. The molecule has 1 saturated heterocycles. The van der Waals surface area contributed by atoms with Crippen molar-refractivity contribution in [1.82, 2.24) is 0 Å². The van der Waals surface area contributed by atoms with Gasteiger partial charge in [0.05, 0.1) is 26.2 Å². The van der Waals surface area contributed by atoms with Crippen LogP contribution in [0.25, 0.3) is 0 Å². The van der Waals surface area contributed by atoms with Crippen molar-refractivity contribution in [2.24, 2.45) is 0 Å². The van der Waals surface area contributed by atoms with Gasteiger partial charge in [-0.1, -0.05) is 23.7 Å². The number of hydrogen-bond acceptors (Lipinski definition) is 2. The fraction of sp³-hybridized carbons (Fsp3) is 0.647. The minimum absolute atomic E-state index is 0.00807. The lowest BCUT2D eigenvalue weighted by atomic mass is 10.1. The molecule has 0 amide bonds. The zero-order valence-electron chi connectivity index (χ0n) is 12.7. The molecule has 0 aliphatic carbocycles. The summed E-state index contributed by atoms with van der Waals surface area (Å²) in [5.74, 6) is 0. The Morgan fingerprint density at radius 2 is 1.67 bits per heavy atom. The summed E-state index contributed by atoms with van der Waals surface area (Å²) >= 11 is 5.85. The Balaban J connectivity index is 1.49. The van der Waals surface area contributed by atoms with E-state index in [1.54, 1.807) is 0 Å². The molecule has 1 fully saturated rings. The smallest absolute Gasteiger partial charge is 0.0806 e. The van der Waals surface area contributed by atoms with Crippen molar-refractivity contribution in [3.05, 3.63) is 40.1 Å². The summed E-state index contributed by atoms with van der Waals surface area (Å²) in [6, 6.07) is 7.97. The molecule has 2 rings (SSSR count). The monoisotopic (exact) mass is 311 g/mol. The number of piperidine rings is 1. The van der Waals surface area contributed by atoms with E-state index in [0.717, 1.165) is 63.4 Å². The molecule has 0 atom stereocenters. The third kappa shape index (κ3) is 6.35. The van der Waals surface area contributed by atoms with Crippen molar-refractivity contribution >= 4 is 11.6 Å². The minimum atomic E-state index is 0.00807. The molecule has 21 heavy (non-hydrogen) atoms. The summed E-state index contributed by atoms with van der Waals surface area (Å²) in [4.78, 5) is 0. The summed E-state index contributed by atoms with van der Waals surface area (Å²) in [6.07, 6.45) is 6.31. The van der Waals surface area contributed by atoms with Crippen LogP contribution in [0.15, 0.2) is 24.3 Å². The van der Waals surface area contributed by atoms with Crippen LogP contribution in [0.4, 0.5) is 0 Å². The van der Waals surface area contributed by atoms with Gasteiger partial charge in [-0.25, -0.2) is 0 Å². The zero-order chi connectivity index (χ0) is 15.0. The van der Waals surface area contributed by atoms with E-state index in [2.05, 4.69) is 12.1 Å². The number of hydrogen-bond donors (Lipinski definition) is 0. The van der Waals surface area contributed by atoms with E-state index < -0.39 is 0 Å². The standard InChI is InChI=1S/C17H26ClNO2/c18-17-9-7-16(8-10-17)6-4-14-21-15-5-13-19(20)11-2-1-3-12-19/h7-10H,1-6,11-15H2. The van der Waals surface area contributed by atoms with Crippen LogP contribution in [0.2, 0.25) is 5.02 Å². The molecule has 1 aromatic carbocycles. The Labute approximate surface area is 133 Å². The summed E-state index contributed by atoms with van der Waals surface area (Å²) in [5.41, 5.74) is 1.29. The van der Waals surface area contributed by atoms with E-state index in [1.165, 1.54) is 12.0 Å². The van der Waals surface area contributed by atoms with Crippen LogP contribution in [-0.4, -0.2) is 37.5 Å². The van der Waals surface area contributed by atoms with Crippen LogP contribution in [0.1, 0.15) is 37.7 Å². The highest BCUT2D eigenvalue weighted by Crippen LogP contribution is 2.17. The number of ether oxygens (including phenoxy) is 1. The van der Waals surface area contributed by atoms with Gasteiger partial charge in [0.1, 0.15) is 0 Å². The summed E-state index contributed by atoms with van der Waals surface area (Å²) in [7, 11) is 0. The van der Waals surface area contributed by atoms with Crippen molar-refractivity contribution < 1.29 is 9.38 Å². The Kier molecular flexibility index (Phi) is 6.97. The largest absolute Gasteiger partial charge is 0.633 e. The Bertz CT molecular complexity index is 402. The normalized spacial score (nSPS) is 17.8. The number of likely N-dealkylation sites (tertiary alicyclic amines) is 1. The molecule has 4 heteroatoms. The zero-order valence-corrected chi connectivity index (χ0v) is 13.5. The third-order valence-electron chi connectivity index (χ3n) is 4.15. The second kappa shape index (κ2) is 8.74. The molecule has 1 heterocycles. The average Bonchev–Trinajstić information content (AvgIpc) is 2.49. The van der Waals surface area contributed by atoms with Crippen molar-refractivity contribution in [3.8, 4) is 0 Å². The highest BCUT2D eigenvalue weighted by molar-refractivity contribution is 6.30. The van der Waals surface area contributed by atoms with Crippen molar-refractivity contribution in [3.63, 3.8) is 0 Å². The molecule has 1 aliphatic heterocycles. The fourth-order valence-corrected chi connectivity index (χ4v) is 3.02. The predicted molar refractivity (Wildman–Crippen MR) is 87.3 cm³/mol. The van der Waals surface area contributed by atoms with Gasteiger partial charge in [-0.15, -0.1) is 0 Å². The molecule has 118 valence electrons. The topological polar surface area (TPSA) is 32.3 Å². The van der Waals surface area contributed by atoms with Crippen LogP contribution in [0, 0.1) is 5.21 Å². The summed E-state index contributed by atoms with van der Waals surface area (Å²) < 4.78 is 5.65. The van der Waals surface area contributed by atoms with E-state index >= 15 is 0 Å². The maximum atomic E-state index is 12.3. The summed E-state index contributed by atoms with van der Waals surface area (Å²) in [5, 5.41) is 13.1. The molecule has 0 N–H and O–H groups in total. The van der Waals surface area contributed by atoms with E-state index in [9.17, 15) is 5.21 Å². The van der Waals surface area contributed by atoms with E-state index in [-0.39, 0.29) is 4.65 Å². The molecule has 0 bridgehead atoms. The fourth-order valence-electron chi connectivity index (χ4n) is 2.90. The molecule has 1 aromatic rings. The molecule has 3 nitrogen and oxygen atoms in total. The lowest BCUT2D eigenvalue weighted by molar-refractivity contribution is -0.885. The third-order valence-corrected chi connectivity index (χ3v) is 4.40. The van der Waals surface area contributed by atoms with Gasteiger partial charge in [-0.2, -0.15) is 0 Å². The van der Waals surface area contributed by atoms with Gasteiger partial charge >= 0.3 is 0 Å². The van der Waals surface area contributed by atoms with Crippen LogP contribution in [-0.2, 0) is 11.2 Å². The van der Waals surface area contributed by atoms with E-state index in [0.29, 0.717) is 6.61 Å². The van der Waals surface area contributed by atoms with Crippen molar-refractivity contribution in [1.29, 1.82) is 0 Å². The molecule has 0 spiro atoms. The van der Waals surface area contributed by atoms with E-state index in [1.807, 2.05) is 12.1 Å². The SMILES string of the molecule is [O-][N+]1(CCCOCCCc2ccc(Cl)cc2)CCCCC1. The van der Waals surface area contributed by atoms with E-state index in [4.69, 9.17) is 16.3 Å². The second-order valence-electron chi connectivity index (χ2n) is 5.99. The lowest BCUT2D eigenvalue weighted by Crippen LogP contribution is -2.47. The number of rotatable bonds is 8. The van der Waals surface area contributed by atoms with Gasteiger partial charge in [-0.3, -0.25) is 0 Å². The first kappa shape index (κ1) is 16.8. The number of hydroxylamine groups is 3. The molecule has 0 unspecified atom stereocenters. The van der Waals surface area contributed by atoms with Crippen LogP contribution in [0.5, 0.6) is 0 Å². The predicted octanol–water partition coefficient (Wildman–Crippen LogP) is 4.18. The van der Waals surface area contributed by atoms with Gasteiger partial charge in [0.15, 0.2) is 0 Å². The number of quaternary nitrogens is 1. The highest BCUT2D eigenvalue weighted by atomic mass is 35.5. The molecule has 0 radical (unpaired) electrons. The van der Waals surface area contributed by atoms with Gasteiger partial charge in [0.2, 0.25) is 0 Å².